The standard InChI is InChI=1S/C16H26ClN3O2.HI/c1-3-18-16(19-9-6-11-21-4-2)20-10-12-22-15-8-5-7-14(17)13-15;/h5,7-8,13H,3-4,6,9-12H2,1-2H3,(H2,18,19,20);1H. The van der Waals surface area contributed by atoms with Gasteiger partial charge in [0.1, 0.15) is 12.4 Å². The predicted molar refractivity (Wildman–Crippen MR) is 107 cm³/mol. The first-order valence-electron chi connectivity index (χ1n) is 7.74. The van der Waals surface area contributed by atoms with Crippen LogP contribution in [-0.2, 0) is 4.74 Å². The highest BCUT2D eigenvalue weighted by molar-refractivity contribution is 14.0. The third-order valence-electron chi connectivity index (χ3n) is 2.72. The van der Waals surface area contributed by atoms with E-state index in [1.807, 2.05) is 32.0 Å². The van der Waals surface area contributed by atoms with Crippen LogP contribution >= 0.6 is 35.6 Å². The fraction of sp³-hybridized carbons (Fsp3) is 0.562. The van der Waals surface area contributed by atoms with Gasteiger partial charge in [0.25, 0.3) is 0 Å². The molecule has 0 fully saturated rings. The van der Waals surface area contributed by atoms with Gasteiger partial charge in [-0.3, -0.25) is 4.99 Å². The molecule has 7 heteroatoms. The SMILES string of the molecule is CCNC(=NCCCOCC)NCCOc1cccc(Cl)c1.I. The number of halogens is 2. The van der Waals surface area contributed by atoms with Crippen molar-refractivity contribution in [1.82, 2.24) is 10.6 Å². The zero-order valence-electron chi connectivity index (χ0n) is 13.8. The Morgan fingerprint density at radius 2 is 2.04 bits per heavy atom. The van der Waals surface area contributed by atoms with E-state index in [-0.39, 0.29) is 24.0 Å². The van der Waals surface area contributed by atoms with Crippen LogP contribution in [-0.4, -0.2) is 45.4 Å². The van der Waals surface area contributed by atoms with Gasteiger partial charge in [0.15, 0.2) is 5.96 Å². The van der Waals surface area contributed by atoms with Gasteiger partial charge in [-0.05, 0) is 38.5 Å². The van der Waals surface area contributed by atoms with Gasteiger partial charge < -0.3 is 20.1 Å². The van der Waals surface area contributed by atoms with Crippen molar-refractivity contribution in [2.24, 2.45) is 4.99 Å². The number of nitrogens with zero attached hydrogens (tertiary/aromatic N) is 1. The van der Waals surface area contributed by atoms with Crippen molar-refractivity contribution in [2.75, 3.05) is 39.5 Å². The highest BCUT2D eigenvalue weighted by Gasteiger charge is 1.98. The molecule has 5 nitrogen and oxygen atoms in total. The summed E-state index contributed by atoms with van der Waals surface area (Å²) in [6, 6.07) is 7.38. The Morgan fingerprint density at radius 3 is 2.74 bits per heavy atom. The third kappa shape index (κ3) is 11.4. The van der Waals surface area contributed by atoms with Crippen LogP contribution in [0.4, 0.5) is 0 Å². The minimum Gasteiger partial charge on any atom is -0.492 e. The maximum Gasteiger partial charge on any atom is 0.191 e. The highest BCUT2D eigenvalue weighted by Crippen LogP contribution is 2.16. The second kappa shape index (κ2) is 14.8. The second-order valence-corrected chi connectivity index (χ2v) is 4.98. The van der Waals surface area contributed by atoms with E-state index in [4.69, 9.17) is 21.1 Å². The van der Waals surface area contributed by atoms with Crippen LogP contribution in [0.25, 0.3) is 0 Å². The maximum absolute atomic E-state index is 5.91. The van der Waals surface area contributed by atoms with Crippen molar-refractivity contribution >= 4 is 41.5 Å². The van der Waals surface area contributed by atoms with Crippen molar-refractivity contribution in [2.45, 2.75) is 20.3 Å². The summed E-state index contributed by atoms with van der Waals surface area (Å²) in [5.41, 5.74) is 0. The van der Waals surface area contributed by atoms with Crippen LogP contribution in [0, 0.1) is 0 Å². The first-order chi connectivity index (χ1) is 10.8. The van der Waals surface area contributed by atoms with E-state index < -0.39 is 0 Å². The number of nitrogens with one attached hydrogen (secondary N) is 2. The number of hydrogen-bond donors (Lipinski definition) is 2. The lowest BCUT2D eigenvalue weighted by Crippen LogP contribution is -2.39. The molecule has 132 valence electrons. The van der Waals surface area contributed by atoms with Gasteiger partial charge in [0, 0.05) is 31.3 Å². The summed E-state index contributed by atoms with van der Waals surface area (Å²) in [6.45, 7) is 8.32. The van der Waals surface area contributed by atoms with Gasteiger partial charge in [-0.25, -0.2) is 0 Å². The van der Waals surface area contributed by atoms with E-state index in [0.29, 0.717) is 18.2 Å². The molecule has 0 saturated carbocycles. The van der Waals surface area contributed by atoms with Crippen LogP contribution < -0.4 is 15.4 Å². The third-order valence-corrected chi connectivity index (χ3v) is 2.96. The van der Waals surface area contributed by atoms with Crippen LogP contribution in [0.5, 0.6) is 5.75 Å². The monoisotopic (exact) mass is 455 g/mol. The Bertz CT molecular complexity index is 447. The Kier molecular flexibility index (Phi) is 14.4. The molecule has 0 aliphatic heterocycles. The molecule has 1 aromatic rings. The lowest BCUT2D eigenvalue weighted by atomic mass is 10.3. The minimum absolute atomic E-state index is 0. The minimum atomic E-state index is 0. The molecule has 0 aliphatic carbocycles. The van der Waals surface area contributed by atoms with Gasteiger partial charge in [-0.15, -0.1) is 24.0 Å². The normalized spacial score (nSPS) is 10.8. The van der Waals surface area contributed by atoms with Gasteiger partial charge >= 0.3 is 0 Å². The zero-order chi connectivity index (χ0) is 16.0. The van der Waals surface area contributed by atoms with E-state index in [0.717, 1.165) is 44.4 Å². The lowest BCUT2D eigenvalue weighted by molar-refractivity contribution is 0.146. The fourth-order valence-electron chi connectivity index (χ4n) is 1.74. The van der Waals surface area contributed by atoms with Gasteiger partial charge in [0.2, 0.25) is 0 Å². The van der Waals surface area contributed by atoms with Crippen molar-refractivity contribution in [3.63, 3.8) is 0 Å². The van der Waals surface area contributed by atoms with Crippen molar-refractivity contribution in [3.05, 3.63) is 29.3 Å². The zero-order valence-corrected chi connectivity index (χ0v) is 16.9. The van der Waals surface area contributed by atoms with Crippen LogP contribution in [0.3, 0.4) is 0 Å². The van der Waals surface area contributed by atoms with E-state index >= 15 is 0 Å². The Labute approximate surface area is 161 Å². The van der Waals surface area contributed by atoms with E-state index in [2.05, 4.69) is 15.6 Å². The number of benzene rings is 1. The fourth-order valence-corrected chi connectivity index (χ4v) is 1.92. The van der Waals surface area contributed by atoms with Crippen LogP contribution in [0.1, 0.15) is 20.3 Å². The molecule has 0 radical (unpaired) electrons. The molecule has 1 aromatic carbocycles. The first kappa shape index (κ1) is 22.3. The first-order valence-corrected chi connectivity index (χ1v) is 8.12. The Morgan fingerprint density at radius 1 is 1.22 bits per heavy atom. The average Bonchev–Trinajstić information content (AvgIpc) is 2.51. The Hall–Kier alpha value is -0.730. The molecule has 0 heterocycles. The molecule has 0 spiro atoms. The van der Waals surface area contributed by atoms with Crippen molar-refractivity contribution in [3.8, 4) is 5.75 Å². The molecule has 0 atom stereocenters. The smallest absolute Gasteiger partial charge is 0.191 e. The molecular weight excluding hydrogens is 429 g/mol. The molecule has 0 aliphatic rings. The second-order valence-electron chi connectivity index (χ2n) is 4.54. The summed E-state index contributed by atoms with van der Waals surface area (Å²) < 4.78 is 10.9. The molecule has 0 bridgehead atoms. The summed E-state index contributed by atoms with van der Waals surface area (Å²) in [4.78, 5) is 4.48. The molecule has 0 unspecified atom stereocenters. The van der Waals surface area contributed by atoms with Crippen LogP contribution in [0.2, 0.25) is 5.02 Å². The van der Waals surface area contributed by atoms with E-state index in [1.165, 1.54) is 0 Å². The largest absolute Gasteiger partial charge is 0.492 e. The van der Waals surface area contributed by atoms with Gasteiger partial charge in [0.05, 0.1) is 6.54 Å². The quantitative estimate of drug-likeness (QED) is 0.246. The Balaban J connectivity index is 0.00000484. The number of rotatable bonds is 10. The summed E-state index contributed by atoms with van der Waals surface area (Å²) in [7, 11) is 0. The van der Waals surface area contributed by atoms with E-state index in [1.54, 1.807) is 6.07 Å². The molecule has 1 rings (SSSR count). The van der Waals surface area contributed by atoms with Gasteiger partial charge in [-0.1, -0.05) is 17.7 Å². The molecule has 2 N–H and O–H groups in total. The number of aliphatic imine (C=N–C) groups is 1. The lowest BCUT2D eigenvalue weighted by Gasteiger charge is -2.12. The summed E-state index contributed by atoms with van der Waals surface area (Å²) >= 11 is 5.91. The predicted octanol–water partition coefficient (Wildman–Crippen LogP) is 3.32. The number of ether oxygens (including phenoxy) is 2. The topological polar surface area (TPSA) is 54.9 Å². The maximum atomic E-state index is 5.91. The molecule has 0 aromatic heterocycles. The summed E-state index contributed by atoms with van der Waals surface area (Å²) in [6.07, 6.45) is 0.920. The molecule has 0 saturated heterocycles. The molecule has 0 amide bonds. The summed E-state index contributed by atoms with van der Waals surface area (Å²) in [5.74, 6) is 1.57. The van der Waals surface area contributed by atoms with E-state index in [9.17, 15) is 0 Å². The highest BCUT2D eigenvalue weighted by atomic mass is 127. The average molecular weight is 456 g/mol. The number of guanidine groups is 1. The molecule has 23 heavy (non-hydrogen) atoms. The van der Waals surface area contributed by atoms with Gasteiger partial charge in [-0.2, -0.15) is 0 Å². The van der Waals surface area contributed by atoms with Crippen molar-refractivity contribution in [1.29, 1.82) is 0 Å². The van der Waals surface area contributed by atoms with Crippen molar-refractivity contribution < 1.29 is 9.47 Å². The molecular formula is C16H27ClIN3O2. The number of hydrogen-bond acceptors (Lipinski definition) is 3. The van der Waals surface area contributed by atoms with Crippen LogP contribution in [0.15, 0.2) is 29.3 Å². The summed E-state index contributed by atoms with van der Waals surface area (Å²) in [5, 5.41) is 7.11.